The topological polar surface area (TPSA) is 79.9 Å². The van der Waals surface area contributed by atoms with Crippen LogP contribution in [0.1, 0.15) is 41.0 Å². The van der Waals surface area contributed by atoms with Gasteiger partial charge in [-0.15, -0.1) is 11.3 Å². The van der Waals surface area contributed by atoms with Crippen LogP contribution in [0.2, 0.25) is 0 Å². The lowest BCUT2D eigenvalue weighted by Crippen LogP contribution is -2.57. The van der Waals surface area contributed by atoms with Crippen LogP contribution in [0.5, 0.6) is 0 Å². The van der Waals surface area contributed by atoms with Gasteiger partial charge in [-0.3, -0.25) is 14.4 Å². The van der Waals surface area contributed by atoms with Crippen molar-refractivity contribution in [3.63, 3.8) is 0 Å². The van der Waals surface area contributed by atoms with E-state index in [2.05, 4.69) is 11.0 Å². The van der Waals surface area contributed by atoms with Gasteiger partial charge in [-0.25, -0.2) is 9.74 Å². The molecule has 2 amide bonds. The van der Waals surface area contributed by atoms with Gasteiger partial charge in [0, 0.05) is 18.3 Å². The van der Waals surface area contributed by atoms with Crippen molar-refractivity contribution in [1.82, 2.24) is 10.5 Å². The van der Waals surface area contributed by atoms with E-state index in [1.807, 2.05) is 6.92 Å². The molecule has 1 aromatic rings. The maximum Gasteiger partial charge on any atom is 0.266 e. The minimum absolute atomic E-state index is 0.323. The smallest absolute Gasteiger partial charge is 0.266 e. The lowest BCUT2D eigenvalue weighted by molar-refractivity contribution is -0.302. The summed E-state index contributed by atoms with van der Waals surface area (Å²) in [5, 5.41) is 5.55. The van der Waals surface area contributed by atoms with Gasteiger partial charge in [-0.05, 0) is 13.8 Å². The maximum atomic E-state index is 12.6. The van der Waals surface area contributed by atoms with Crippen molar-refractivity contribution in [3.8, 4) is 0 Å². The number of anilines is 1. The second-order valence-corrected chi connectivity index (χ2v) is 5.67. The lowest BCUT2D eigenvalue weighted by Gasteiger charge is -2.38. The number of hydrogen-bond acceptors (Lipinski definition) is 7. The Morgan fingerprint density at radius 2 is 2.30 bits per heavy atom. The Labute approximate surface area is 119 Å². The molecule has 1 fully saturated rings. The Morgan fingerprint density at radius 1 is 1.50 bits per heavy atom. The average Bonchev–Trinajstić information content (AvgIpc) is 2.93. The summed E-state index contributed by atoms with van der Waals surface area (Å²) in [7, 11) is 0. The van der Waals surface area contributed by atoms with Crippen LogP contribution in [0.25, 0.3) is 0 Å². The standard InChI is InChI=1S/C12H15N3O4S/c1-3-13-9-8-7(6-20-9)10(16)15(11(8)17)12(2)4-5-18-14-19-12/h6,13-14H,3-5H2,1-2H3/t12-/m0/s1. The van der Waals surface area contributed by atoms with Crippen molar-refractivity contribution < 1.29 is 19.3 Å². The van der Waals surface area contributed by atoms with Gasteiger partial charge in [0.25, 0.3) is 11.8 Å². The molecule has 2 N–H and O–H groups in total. The van der Waals surface area contributed by atoms with Gasteiger partial charge in [0.1, 0.15) is 5.00 Å². The average molecular weight is 297 g/mol. The molecule has 1 atom stereocenters. The first kappa shape index (κ1) is 13.5. The lowest BCUT2D eigenvalue weighted by atomic mass is 10.1. The molecule has 20 heavy (non-hydrogen) atoms. The highest BCUT2D eigenvalue weighted by atomic mass is 32.1. The van der Waals surface area contributed by atoms with E-state index >= 15 is 0 Å². The predicted octanol–water partition coefficient (Wildman–Crippen LogP) is 1.35. The number of imide groups is 1. The molecule has 2 aliphatic rings. The van der Waals surface area contributed by atoms with Crippen LogP contribution < -0.4 is 11.0 Å². The van der Waals surface area contributed by atoms with Crippen LogP contribution in [0.15, 0.2) is 5.38 Å². The molecular formula is C12H15N3O4S. The number of hydrogen-bond donors (Lipinski definition) is 2. The highest BCUT2D eigenvalue weighted by Gasteiger charge is 2.50. The minimum atomic E-state index is -1.04. The number of nitrogens with one attached hydrogen (secondary N) is 2. The number of nitrogens with zero attached hydrogens (tertiary/aromatic N) is 1. The summed E-state index contributed by atoms with van der Waals surface area (Å²) in [6.45, 7) is 4.69. The summed E-state index contributed by atoms with van der Waals surface area (Å²) in [5.41, 5.74) is 2.14. The van der Waals surface area contributed by atoms with Gasteiger partial charge in [-0.2, -0.15) is 0 Å². The molecule has 0 saturated carbocycles. The normalized spacial score (nSPS) is 26.0. The van der Waals surface area contributed by atoms with Crippen molar-refractivity contribution in [2.24, 2.45) is 0 Å². The summed E-state index contributed by atoms with van der Waals surface area (Å²) in [6.07, 6.45) is 0.418. The molecule has 3 rings (SSSR count). The van der Waals surface area contributed by atoms with Crippen LogP contribution in [0.3, 0.4) is 0 Å². The maximum absolute atomic E-state index is 12.6. The van der Waals surface area contributed by atoms with Crippen LogP contribution in [0, 0.1) is 0 Å². The van der Waals surface area contributed by atoms with E-state index in [4.69, 9.17) is 9.68 Å². The van der Waals surface area contributed by atoms with Gasteiger partial charge >= 0.3 is 0 Å². The zero-order chi connectivity index (χ0) is 14.3. The second-order valence-electron chi connectivity index (χ2n) is 4.79. The Kier molecular flexibility index (Phi) is 3.25. The molecule has 0 spiro atoms. The molecule has 1 saturated heterocycles. The minimum Gasteiger partial charge on any atom is -0.377 e. The van der Waals surface area contributed by atoms with E-state index in [1.165, 1.54) is 16.2 Å². The zero-order valence-electron chi connectivity index (χ0n) is 11.2. The number of carbonyl (C=O) groups excluding carboxylic acids is 2. The van der Waals surface area contributed by atoms with Gasteiger partial charge in [0.05, 0.1) is 17.7 Å². The zero-order valence-corrected chi connectivity index (χ0v) is 12.0. The van der Waals surface area contributed by atoms with Crippen LogP contribution >= 0.6 is 11.3 Å². The van der Waals surface area contributed by atoms with Crippen molar-refractivity contribution in [3.05, 3.63) is 16.5 Å². The summed E-state index contributed by atoms with van der Waals surface area (Å²) in [4.78, 5) is 36.4. The molecule has 0 radical (unpaired) electrons. The summed E-state index contributed by atoms with van der Waals surface area (Å²) >= 11 is 1.37. The molecule has 3 heterocycles. The quantitative estimate of drug-likeness (QED) is 0.820. The summed E-state index contributed by atoms with van der Waals surface area (Å²) in [5.74, 6) is -0.648. The third-order valence-electron chi connectivity index (χ3n) is 3.44. The van der Waals surface area contributed by atoms with Crippen LogP contribution in [0.4, 0.5) is 5.00 Å². The molecule has 0 aromatic carbocycles. The van der Waals surface area contributed by atoms with Gasteiger partial charge in [0.2, 0.25) is 0 Å². The highest BCUT2D eigenvalue weighted by Crippen LogP contribution is 2.39. The van der Waals surface area contributed by atoms with E-state index in [0.717, 1.165) is 5.00 Å². The number of amides is 2. The predicted molar refractivity (Wildman–Crippen MR) is 72.2 cm³/mol. The molecule has 108 valence electrons. The molecule has 0 bridgehead atoms. The SMILES string of the molecule is CCNc1scc2c1C(=O)N([C@]1(C)CCONO1)C2=O. The van der Waals surface area contributed by atoms with E-state index in [0.29, 0.717) is 30.7 Å². The van der Waals surface area contributed by atoms with Gasteiger partial charge < -0.3 is 5.32 Å². The van der Waals surface area contributed by atoms with E-state index < -0.39 is 5.72 Å². The molecule has 0 aliphatic carbocycles. The molecule has 0 unspecified atom stereocenters. The molecule has 7 nitrogen and oxygen atoms in total. The Bertz CT molecular complexity index is 565. The first-order valence-corrected chi connectivity index (χ1v) is 7.25. The van der Waals surface area contributed by atoms with Crippen molar-refractivity contribution in [2.75, 3.05) is 18.5 Å². The molecule has 1 aromatic heterocycles. The number of rotatable bonds is 3. The Hall–Kier alpha value is -1.48. The van der Waals surface area contributed by atoms with Crippen molar-refractivity contribution in [2.45, 2.75) is 26.0 Å². The second kappa shape index (κ2) is 4.81. The molecule has 2 aliphatic heterocycles. The Morgan fingerprint density at radius 3 is 2.95 bits per heavy atom. The van der Waals surface area contributed by atoms with E-state index in [9.17, 15) is 9.59 Å². The summed E-state index contributed by atoms with van der Waals surface area (Å²) in [6, 6.07) is 0. The number of thiophene rings is 1. The number of carbonyl (C=O) groups is 2. The van der Waals surface area contributed by atoms with Crippen molar-refractivity contribution >= 4 is 28.2 Å². The fourth-order valence-electron chi connectivity index (χ4n) is 2.38. The first-order valence-electron chi connectivity index (χ1n) is 6.37. The third kappa shape index (κ3) is 1.84. The van der Waals surface area contributed by atoms with E-state index in [-0.39, 0.29) is 11.8 Å². The first-order chi connectivity index (χ1) is 9.58. The number of fused-ring (bicyclic) bond motifs is 1. The van der Waals surface area contributed by atoms with Crippen molar-refractivity contribution in [1.29, 1.82) is 0 Å². The Balaban J connectivity index is 1.97. The fraction of sp³-hybridized carbons (Fsp3) is 0.500. The molecule has 8 heteroatoms. The molecular weight excluding hydrogens is 282 g/mol. The van der Waals surface area contributed by atoms with Gasteiger partial charge in [-0.1, -0.05) is 5.64 Å². The highest BCUT2D eigenvalue weighted by molar-refractivity contribution is 7.15. The third-order valence-corrected chi connectivity index (χ3v) is 4.38. The fourth-order valence-corrected chi connectivity index (χ4v) is 3.38. The largest absolute Gasteiger partial charge is 0.377 e. The van der Waals surface area contributed by atoms with E-state index in [1.54, 1.807) is 12.3 Å². The monoisotopic (exact) mass is 297 g/mol. The van der Waals surface area contributed by atoms with Crippen LogP contribution in [-0.2, 0) is 9.68 Å². The summed E-state index contributed by atoms with van der Waals surface area (Å²) < 4.78 is 0. The van der Waals surface area contributed by atoms with Gasteiger partial charge in [0.15, 0.2) is 5.72 Å². The van der Waals surface area contributed by atoms with Crippen LogP contribution in [-0.4, -0.2) is 35.6 Å².